The highest BCUT2D eigenvalue weighted by Crippen LogP contribution is 2.26. The number of rotatable bonds is 5. The second-order valence-electron chi connectivity index (χ2n) is 4.44. The standard InChI is InChI=1S/C14H17ClN2OS/c1-3-7-17(8-4-2)13(18)10-5-6-11-12(9-10)19-14(15)16-11/h5-6,9H,3-4,7-8H2,1-2H3. The average molecular weight is 297 g/mol. The summed E-state index contributed by atoms with van der Waals surface area (Å²) >= 11 is 7.29. The van der Waals surface area contributed by atoms with Crippen molar-refractivity contribution in [3.05, 3.63) is 28.2 Å². The van der Waals surface area contributed by atoms with Gasteiger partial charge in [0.1, 0.15) is 0 Å². The molecule has 0 aliphatic heterocycles. The number of thiazole rings is 1. The first-order valence-corrected chi connectivity index (χ1v) is 7.70. The summed E-state index contributed by atoms with van der Waals surface area (Å²) in [4.78, 5) is 18.5. The van der Waals surface area contributed by atoms with Crippen LogP contribution in [0.15, 0.2) is 18.2 Å². The number of hydrogen-bond acceptors (Lipinski definition) is 3. The summed E-state index contributed by atoms with van der Waals surface area (Å²) in [6, 6.07) is 5.58. The molecule has 0 atom stereocenters. The third-order valence-electron chi connectivity index (χ3n) is 2.88. The van der Waals surface area contributed by atoms with Gasteiger partial charge in [-0.1, -0.05) is 25.4 Å². The molecule has 0 radical (unpaired) electrons. The molecular formula is C14H17ClN2OS. The van der Waals surface area contributed by atoms with Crippen LogP contribution in [0.1, 0.15) is 37.0 Å². The smallest absolute Gasteiger partial charge is 0.253 e. The maximum atomic E-state index is 12.5. The van der Waals surface area contributed by atoms with Crippen LogP contribution in [0.25, 0.3) is 10.2 Å². The van der Waals surface area contributed by atoms with Gasteiger partial charge in [-0.2, -0.15) is 0 Å². The zero-order valence-corrected chi connectivity index (χ0v) is 12.7. The second kappa shape index (κ2) is 6.35. The lowest BCUT2D eigenvalue weighted by Crippen LogP contribution is -2.32. The number of amides is 1. The van der Waals surface area contributed by atoms with Crippen LogP contribution in [-0.2, 0) is 0 Å². The van der Waals surface area contributed by atoms with E-state index in [1.165, 1.54) is 11.3 Å². The van der Waals surface area contributed by atoms with Crippen LogP contribution >= 0.6 is 22.9 Å². The molecule has 0 spiro atoms. The van der Waals surface area contributed by atoms with Gasteiger partial charge >= 0.3 is 0 Å². The number of aromatic nitrogens is 1. The Morgan fingerprint density at radius 3 is 2.63 bits per heavy atom. The minimum absolute atomic E-state index is 0.0927. The molecule has 2 aromatic rings. The molecular weight excluding hydrogens is 280 g/mol. The highest BCUT2D eigenvalue weighted by Gasteiger charge is 2.15. The number of carbonyl (C=O) groups excluding carboxylic acids is 1. The molecule has 0 N–H and O–H groups in total. The molecule has 0 bridgehead atoms. The Hall–Kier alpha value is -1.13. The van der Waals surface area contributed by atoms with Crippen molar-refractivity contribution in [2.45, 2.75) is 26.7 Å². The van der Waals surface area contributed by atoms with Crippen LogP contribution in [0.5, 0.6) is 0 Å². The van der Waals surface area contributed by atoms with E-state index >= 15 is 0 Å². The van der Waals surface area contributed by atoms with E-state index in [2.05, 4.69) is 18.8 Å². The van der Waals surface area contributed by atoms with E-state index in [9.17, 15) is 4.79 Å². The minimum Gasteiger partial charge on any atom is -0.339 e. The lowest BCUT2D eigenvalue weighted by atomic mass is 10.2. The fraction of sp³-hybridized carbons (Fsp3) is 0.429. The van der Waals surface area contributed by atoms with Crippen molar-refractivity contribution < 1.29 is 4.79 Å². The lowest BCUT2D eigenvalue weighted by molar-refractivity contribution is 0.0756. The molecule has 0 saturated heterocycles. The van der Waals surface area contributed by atoms with E-state index in [1.807, 2.05) is 23.1 Å². The Kier molecular flexibility index (Phi) is 4.77. The maximum absolute atomic E-state index is 12.5. The highest BCUT2D eigenvalue weighted by atomic mass is 35.5. The fourth-order valence-corrected chi connectivity index (χ4v) is 3.14. The lowest BCUT2D eigenvalue weighted by Gasteiger charge is -2.21. The first-order valence-electron chi connectivity index (χ1n) is 6.51. The number of nitrogens with zero attached hydrogens (tertiary/aromatic N) is 2. The van der Waals surface area contributed by atoms with Crippen LogP contribution < -0.4 is 0 Å². The molecule has 102 valence electrons. The summed E-state index contributed by atoms with van der Waals surface area (Å²) in [7, 11) is 0. The Labute approximate surface area is 122 Å². The Bertz CT molecular complexity index is 576. The van der Waals surface area contributed by atoms with Crippen molar-refractivity contribution >= 4 is 39.1 Å². The first-order chi connectivity index (χ1) is 9.15. The third-order valence-corrected chi connectivity index (χ3v) is 4.01. The summed E-state index contributed by atoms with van der Waals surface area (Å²) in [5.41, 5.74) is 1.57. The molecule has 0 saturated carbocycles. The molecule has 5 heteroatoms. The molecule has 0 aliphatic carbocycles. The summed E-state index contributed by atoms with van der Waals surface area (Å²) < 4.78 is 1.47. The molecule has 2 rings (SSSR count). The maximum Gasteiger partial charge on any atom is 0.253 e. The summed E-state index contributed by atoms with van der Waals surface area (Å²) in [5.74, 6) is 0.0927. The molecule has 1 aromatic carbocycles. The SMILES string of the molecule is CCCN(CCC)C(=O)c1ccc2nc(Cl)sc2c1. The van der Waals surface area contributed by atoms with Gasteiger partial charge in [-0.05, 0) is 31.0 Å². The van der Waals surface area contributed by atoms with Crippen molar-refractivity contribution in [1.29, 1.82) is 0 Å². The van der Waals surface area contributed by atoms with Crippen LogP contribution in [0.3, 0.4) is 0 Å². The Balaban J connectivity index is 2.28. The largest absolute Gasteiger partial charge is 0.339 e. The highest BCUT2D eigenvalue weighted by molar-refractivity contribution is 7.22. The number of carbonyl (C=O) groups is 1. The summed E-state index contributed by atoms with van der Waals surface area (Å²) in [6.07, 6.45) is 1.95. The van der Waals surface area contributed by atoms with Crippen molar-refractivity contribution in [3.63, 3.8) is 0 Å². The number of halogens is 1. The Morgan fingerprint density at radius 2 is 2.00 bits per heavy atom. The molecule has 0 aliphatic rings. The van der Waals surface area contributed by atoms with Gasteiger partial charge in [0.25, 0.3) is 5.91 Å². The van der Waals surface area contributed by atoms with Gasteiger partial charge in [0.2, 0.25) is 0 Å². The van der Waals surface area contributed by atoms with E-state index < -0.39 is 0 Å². The van der Waals surface area contributed by atoms with Gasteiger partial charge in [-0.15, -0.1) is 11.3 Å². The zero-order valence-electron chi connectivity index (χ0n) is 11.1. The second-order valence-corrected chi connectivity index (χ2v) is 6.05. The predicted octanol–water partition coefficient (Wildman–Crippen LogP) is 4.21. The average Bonchev–Trinajstić information content (AvgIpc) is 2.76. The topological polar surface area (TPSA) is 33.2 Å². The minimum atomic E-state index is 0.0927. The van der Waals surface area contributed by atoms with Gasteiger partial charge in [-0.25, -0.2) is 4.98 Å². The van der Waals surface area contributed by atoms with Crippen LogP contribution in [0.4, 0.5) is 0 Å². The number of benzene rings is 1. The normalized spacial score (nSPS) is 10.9. The van der Waals surface area contributed by atoms with Crippen molar-refractivity contribution in [1.82, 2.24) is 9.88 Å². The monoisotopic (exact) mass is 296 g/mol. The van der Waals surface area contributed by atoms with Crippen molar-refractivity contribution in [2.75, 3.05) is 13.1 Å². The summed E-state index contributed by atoms with van der Waals surface area (Å²) in [5, 5.41) is 0. The third kappa shape index (κ3) is 3.25. The molecule has 3 nitrogen and oxygen atoms in total. The van der Waals surface area contributed by atoms with Gasteiger partial charge < -0.3 is 4.90 Å². The molecule has 0 unspecified atom stereocenters. The van der Waals surface area contributed by atoms with Gasteiger partial charge in [-0.3, -0.25) is 4.79 Å². The molecule has 1 amide bonds. The van der Waals surface area contributed by atoms with Gasteiger partial charge in [0.15, 0.2) is 4.47 Å². The van der Waals surface area contributed by atoms with E-state index in [0.717, 1.165) is 41.7 Å². The first kappa shape index (κ1) is 14.3. The summed E-state index contributed by atoms with van der Waals surface area (Å²) in [6.45, 7) is 5.77. The van der Waals surface area contributed by atoms with E-state index in [-0.39, 0.29) is 5.91 Å². The zero-order chi connectivity index (χ0) is 13.8. The molecule has 1 aromatic heterocycles. The van der Waals surface area contributed by atoms with E-state index in [1.54, 1.807) is 0 Å². The molecule has 19 heavy (non-hydrogen) atoms. The number of fused-ring (bicyclic) bond motifs is 1. The Morgan fingerprint density at radius 1 is 1.32 bits per heavy atom. The van der Waals surface area contributed by atoms with E-state index in [4.69, 9.17) is 11.6 Å². The van der Waals surface area contributed by atoms with Crippen molar-refractivity contribution in [3.8, 4) is 0 Å². The van der Waals surface area contributed by atoms with Crippen molar-refractivity contribution in [2.24, 2.45) is 0 Å². The fourth-order valence-electron chi connectivity index (χ4n) is 2.07. The quantitative estimate of drug-likeness (QED) is 0.828. The van der Waals surface area contributed by atoms with Crippen LogP contribution in [0.2, 0.25) is 4.47 Å². The van der Waals surface area contributed by atoms with E-state index in [0.29, 0.717) is 4.47 Å². The van der Waals surface area contributed by atoms with Crippen LogP contribution in [-0.4, -0.2) is 28.9 Å². The van der Waals surface area contributed by atoms with Gasteiger partial charge in [0.05, 0.1) is 10.2 Å². The predicted molar refractivity (Wildman–Crippen MR) is 81.1 cm³/mol. The van der Waals surface area contributed by atoms with Gasteiger partial charge in [0, 0.05) is 18.7 Å². The molecule has 1 heterocycles. The number of hydrogen-bond donors (Lipinski definition) is 0. The van der Waals surface area contributed by atoms with Crippen LogP contribution in [0, 0.1) is 0 Å². The molecule has 0 fully saturated rings.